The first kappa shape index (κ1) is 32.0. The Morgan fingerprint density at radius 3 is 2.65 bits per heavy atom. The van der Waals surface area contributed by atoms with Gasteiger partial charge in [-0.3, -0.25) is 29.1 Å². The number of morpholine rings is 1. The van der Waals surface area contributed by atoms with E-state index in [1.165, 1.54) is 29.7 Å². The summed E-state index contributed by atoms with van der Waals surface area (Å²) in [7, 11) is -4.27. The summed E-state index contributed by atoms with van der Waals surface area (Å²) in [6, 6.07) is 9.05. The van der Waals surface area contributed by atoms with Crippen molar-refractivity contribution in [3.05, 3.63) is 58.9 Å². The lowest BCUT2D eigenvalue weighted by Gasteiger charge is -2.32. The fourth-order valence-corrected chi connectivity index (χ4v) is 5.83. The third-order valence-corrected chi connectivity index (χ3v) is 9.58. The summed E-state index contributed by atoms with van der Waals surface area (Å²) in [5.41, 5.74) is 1.61. The highest BCUT2D eigenvalue weighted by Crippen LogP contribution is 2.29. The van der Waals surface area contributed by atoms with E-state index in [1.54, 1.807) is 12.1 Å². The molecule has 1 aliphatic heterocycles. The summed E-state index contributed by atoms with van der Waals surface area (Å²) in [6.07, 6.45) is 0.926. The molecule has 13 nitrogen and oxygen atoms in total. The summed E-state index contributed by atoms with van der Waals surface area (Å²) in [4.78, 5) is 43.3. The fourth-order valence-electron chi connectivity index (χ4n) is 4.84. The van der Waals surface area contributed by atoms with Crippen molar-refractivity contribution in [2.45, 2.75) is 30.7 Å². The molecule has 1 aromatic heterocycles. The third-order valence-electron chi connectivity index (χ3n) is 7.59. The lowest BCUT2D eigenvalue weighted by atomic mass is 10.0. The SMILES string of the molecule is CC(C(=O)NO)(C(Cn1cnc2cc(-c3ccc(OCCCN4CCOCC4)cc3F)ccc2c1=O)OC=O)S(C)(=O)=O. The normalized spacial score (nSPS) is 16.3. The Labute approximate surface area is 247 Å². The van der Waals surface area contributed by atoms with Crippen LogP contribution in [0.1, 0.15) is 13.3 Å². The van der Waals surface area contributed by atoms with E-state index >= 15 is 4.39 Å². The van der Waals surface area contributed by atoms with E-state index in [2.05, 4.69) is 9.88 Å². The maximum atomic E-state index is 15.1. The number of carbonyl (C=O) groups is 2. The number of ether oxygens (including phenoxy) is 3. The molecule has 15 heteroatoms. The largest absolute Gasteiger partial charge is 0.493 e. The number of rotatable bonds is 13. The van der Waals surface area contributed by atoms with Crippen LogP contribution in [0.15, 0.2) is 47.5 Å². The molecule has 2 atom stereocenters. The molecule has 0 aliphatic carbocycles. The van der Waals surface area contributed by atoms with Gasteiger partial charge in [0.25, 0.3) is 17.9 Å². The molecule has 2 aromatic carbocycles. The number of sulfone groups is 1. The van der Waals surface area contributed by atoms with E-state index in [0.29, 0.717) is 17.9 Å². The molecule has 232 valence electrons. The molecule has 0 saturated carbocycles. The van der Waals surface area contributed by atoms with E-state index < -0.39 is 44.5 Å². The Hall–Kier alpha value is -3.92. The number of nitrogens with one attached hydrogen (secondary N) is 1. The van der Waals surface area contributed by atoms with Gasteiger partial charge in [-0.05, 0) is 43.2 Å². The lowest BCUT2D eigenvalue weighted by Crippen LogP contribution is -2.59. The zero-order chi connectivity index (χ0) is 31.2. The van der Waals surface area contributed by atoms with Crippen molar-refractivity contribution >= 4 is 33.1 Å². The molecule has 0 radical (unpaired) electrons. The Kier molecular flexibility index (Phi) is 10.1. The minimum absolute atomic E-state index is 0.0547. The van der Waals surface area contributed by atoms with Crippen LogP contribution in [0.5, 0.6) is 5.75 Å². The van der Waals surface area contributed by atoms with E-state index in [4.69, 9.17) is 19.4 Å². The molecule has 0 spiro atoms. The first-order valence-corrected chi connectivity index (χ1v) is 15.3. The number of halogens is 1. The van der Waals surface area contributed by atoms with Crippen molar-refractivity contribution in [1.82, 2.24) is 19.9 Å². The average Bonchev–Trinajstić information content (AvgIpc) is 2.99. The smallest absolute Gasteiger partial charge is 0.293 e. The number of benzene rings is 2. The summed E-state index contributed by atoms with van der Waals surface area (Å²) in [5.74, 6) is -1.47. The van der Waals surface area contributed by atoms with Gasteiger partial charge in [-0.2, -0.15) is 0 Å². The van der Waals surface area contributed by atoms with Gasteiger partial charge >= 0.3 is 0 Å². The molecule has 43 heavy (non-hydrogen) atoms. The number of aromatic nitrogens is 2. The molecular weight excluding hydrogens is 587 g/mol. The average molecular weight is 621 g/mol. The minimum Gasteiger partial charge on any atom is -0.493 e. The van der Waals surface area contributed by atoms with Crippen molar-refractivity contribution in [3.8, 4) is 16.9 Å². The zero-order valence-electron chi connectivity index (χ0n) is 23.7. The van der Waals surface area contributed by atoms with Crippen LogP contribution in [-0.4, -0.2) is 97.0 Å². The van der Waals surface area contributed by atoms with Crippen LogP contribution < -0.4 is 15.8 Å². The number of hydroxylamine groups is 1. The number of amides is 1. The molecule has 2 heterocycles. The van der Waals surface area contributed by atoms with Gasteiger partial charge in [0.15, 0.2) is 14.6 Å². The highest BCUT2D eigenvalue weighted by molar-refractivity contribution is 7.92. The predicted molar refractivity (Wildman–Crippen MR) is 153 cm³/mol. The molecule has 1 saturated heterocycles. The number of hydrogen-bond acceptors (Lipinski definition) is 11. The topological polar surface area (TPSA) is 166 Å². The highest BCUT2D eigenvalue weighted by Gasteiger charge is 2.52. The maximum absolute atomic E-state index is 15.1. The maximum Gasteiger partial charge on any atom is 0.293 e. The zero-order valence-corrected chi connectivity index (χ0v) is 24.5. The Morgan fingerprint density at radius 2 is 2.00 bits per heavy atom. The quantitative estimate of drug-likeness (QED) is 0.122. The van der Waals surface area contributed by atoms with Crippen LogP contribution in [0.2, 0.25) is 0 Å². The van der Waals surface area contributed by atoms with Gasteiger partial charge in [0.1, 0.15) is 17.7 Å². The molecule has 1 aliphatic rings. The van der Waals surface area contributed by atoms with Gasteiger partial charge in [0.05, 0.1) is 43.6 Å². The van der Waals surface area contributed by atoms with E-state index in [-0.39, 0.29) is 22.9 Å². The summed E-state index contributed by atoms with van der Waals surface area (Å²) in [6.45, 7) is 4.87. The third kappa shape index (κ3) is 7.01. The fraction of sp³-hybridized carbons (Fsp3) is 0.429. The number of nitrogens with zero attached hydrogens (tertiary/aromatic N) is 3. The van der Waals surface area contributed by atoms with Gasteiger partial charge in [-0.25, -0.2) is 23.3 Å². The molecule has 3 aromatic rings. The Bertz CT molecular complexity index is 1640. The second-order valence-electron chi connectivity index (χ2n) is 10.3. The first-order chi connectivity index (χ1) is 20.5. The molecule has 0 bridgehead atoms. The minimum atomic E-state index is -4.27. The van der Waals surface area contributed by atoms with Gasteiger partial charge in [0, 0.05) is 37.5 Å². The van der Waals surface area contributed by atoms with E-state index in [0.717, 1.165) is 63.3 Å². The second-order valence-corrected chi connectivity index (χ2v) is 12.7. The molecule has 4 rings (SSSR count). The molecule has 2 N–H and O–H groups in total. The van der Waals surface area contributed by atoms with Gasteiger partial charge in [-0.1, -0.05) is 6.07 Å². The van der Waals surface area contributed by atoms with Crippen LogP contribution in [0, 0.1) is 5.82 Å². The number of hydrogen-bond donors (Lipinski definition) is 2. The van der Waals surface area contributed by atoms with Gasteiger partial charge in [-0.15, -0.1) is 0 Å². The van der Waals surface area contributed by atoms with Crippen LogP contribution >= 0.6 is 0 Å². The molecule has 1 amide bonds. The van der Waals surface area contributed by atoms with Crippen molar-refractivity contribution in [2.24, 2.45) is 0 Å². The summed E-state index contributed by atoms with van der Waals surface area (Å²) >= 11 is 0. The van der Waals surface area contributed by atoms with Crippen LogP contribution in [0.3, 0.4) is 0 Å². The van der Waals surface area contributed by atoms with E-state index in [1.807, 2.05) is 0 Å². The molecule has 1 fully saturated rings. The van der Waals surface area contributed by atoms with Crippen molar-refractivity contribution < 1.29 is 41.8 Å². The predicted octanol–water partition coefficient (Wildman–Crippen LogP) is 1.15. The first-order valence-electron chi connectivity index (χ1n) is 13.4. The second kappa shape index (κ2) is 13.6. The Morgan fingerprint density at radius 1 is 1.26 bits per heavy atom. The van der Waals surface area contributed by atoms with Crippen molar-refractivity contribution in [1.29, 1.82) is 0 Å². The molecular formula is C28H33FN4O9S. The van der Waals surface area contributed by atoms with Crippen LogP contribution in [0.25, 0.3) is 22.0 Å². The lowest BCUT2D eigenvalue weighted by molar-refractivity contribution is -0.143. The van der Waals surface area contributed by atoms with Gasteiger partial charge in [0.2, 0.25) is 0 Å². The Balaban J connectivity index is 1.52. The standard InChI is InChI=1S/C28H33FN4O9S/c1-28(27(36)31-37,43(2,38)39)25(42-18-34)16-33-17-30-24-14-19(4-6-22(24)26(33)35)21-7-5-20(15-23(21)29)41-11-3-8-32-9-12-40-13-10-32/h4-7,14-15,17-18,25,37H,3,8-13,16H2,1-2H3,(H,31,36). The number of carbonyl (C=O) groups excluding carboxylic acids is 2. The monoisotopic (exact) mass is 620 g/mol. The summed E-state index contributed by atoms with van der Waals surface area (Å²) < 4.78 is 54.6. The molecule has 2 unspecified atom stereocenters. The van der Waals surface area contributed by atoms with E-state index in [9.17, 15) is 22.8 Å². The van der Waals surface area contributed by atoms with Crippen LogP contribution in [0.4, 0.5) is 4.39 Å². The van der Waals surface area contributed by atoms with Crippen molar-refractivity contribution in [2.75, 3.05) is 45.7 Å². The number of fused-ring (bicyclic) bond motifs is 1. The van der Waals surface area contributed by atoms with Gasteiger partial charge < -0.3 is 14.2 Å². The summed E-state index contributed by atoms with van der Waals surface area (Å²) in [5, 5.41) is 9.25. The van der Waals surface area contributed by atoms with Crippen LogP contribution in [-0.2, 0) is 35.4 Å². The van der Waals surface area contributed by atoms with Crippen molar-refractivity contribution in [3.63, 3.8) is 0 Å². The highest BCUT2D eigenvalue weighted by atomic mass is 32.2.